The summed E-state index contributed by atoms with van der Waals surface area (Å²) >= 11 is 0. The van der Waals surface area contributed by atoms with E-state index in [4.69, 9.17) is 0 Å². The Morgan fingerprint density at radius 1 is 1.12 bits per heavy atom. The van der Waals surface area contributed by atoms with Gasteiger partial charge < -0.3 is 0 Å². The van der Waals surface area contributed by atoms with Crippen LogP contribution in [0.1, 0.15) is 22.5 Å². The van der Waals surface area contributed by atoms with Gasteiger partial charge in [-0.3, -0.25) is 14.7 Å². The van der Waals surface area contributed by atoms with Gasteiger partial charge in [0.1, 0.15) is 34.2 Å². The Morgan fingerprint density at radius 2 is 1.97 bits per heavy atom. The molecule has 5 rings (SSSR count). The molecule has 172 valence electrons. The first kappa shape index (κ1) is 22.0. The normalized spacial score (nSPS) is 12.8. The van der Waals surface area contributed by atoms with E-state index < -0.39 is 27.2 Å². The second-order valence-electron chi connectivity index (χ2n) is 7.82. The molecule has 0 fully saturated rings. The minimum atomic E-state index is -3.87. The minimum absolute atomic E-state index is 0.0366. The van der Waals surface area contributed by atoms with Crippen molar-refractivity contribution in [1.82, 2.24) is 24.7 Å². The van der Waals surface area contributed by atoms with Crippen molar-refractivity contribution in [2.24, 2.45) is 12.0 Å². The quantitative estimate of drug-likeness (QED) is 0.419. The van der Waals surface area contributed by atoms with Gasteiger partial charge in [-0.25, -0.2) is 27.2 Å². The van der Waals surface area contributed by atoms with Crippen molar-refractivity contribution < 1.29 is 17.2 Å². The molecule has 0 saturated heterocycles. The Balaban J connectivity index is 1.53. The van der Waals surface area contributed by atoms with Crippen LogP contribution in [0.2, 0.25) is 0 Å². The number of hydrogen-bond acceptors (Lipinski definition) is 7. The molecule has 8 nitrogen and oxygen atoms in total. The Hall–Kier alpha value is -3.86. The van der Waals surface area contributed by atoms with Crippen LogP contribution in [0.4, 0.5) is 14.5 Å². The first-order chi connectivity index (χ1) is 16.3. The van der Waals surface area contributed by atoms with E-state index in [1.807, 2.05) is 0 Å². The molecule has 4 heterocycles. The van der Waals surface area contributed by atoms with Gasteiger partial charge in [0.2, 0.25) is 0 Å². The summed E-state index contributed by atoms with van der Waals surface area (Å²) in [5, 5.41) is 3.85. The van der Waals surface area contributed by atoms with Gasteiger partial charge >= 0.3 is 0 Å². The number of nitrogens with zero attached hydrogens (tertiary/aromatic N) is 6. The molecule has 3 aromatic heterocycles. The average molecular weight is 481 g/mol. The summed E-state index contributed by atoms with van der Waals surface area (Å²) in [7, 11) is -2.29. The van der Waals surface area contributed by atoms with Crippen molar-refractivity contribution in [2.45, 2.75) is 23.5 Å². The highest BCUT2D eigenvalue weighted by Crippen LogP contribution is 2.35. The van der Waals surface area contributed by atoms with E-state index in [0.717, 1.165) is 17.8 Å². The van der Waals surface area contributed by atoms with E-state index in [2.05, 4.69) is 25.0 Å². The number of rotatable bonds is 6. The fraction of sp³-hybridized carbons (Fsp3) is 0.174. The maximum atomic E-state index is 15.4. The van der Waals surface area contributed by atoms with Gasteiger partial charge in [-0.2, -0.15) is 5.10 Å². The number of pyridine rings is 1. The molecule has 0 bridgehead atoms. The first-order valence-corrected chi connectivity index (χ1v) is 12.0. The molecule has 34 heavy (non-hydrogen) atoms. The molecule has 11 heteroatoms. The maximum Gasteiger partial charge on any atom is 0.185 e. The Kier molecular flexibility index (Phi) is 5.48. The van der Waals surface area contributed by atoms with E-state index in [0.29, 0.717) is 29.1 Å². The summed E-state index contributed by atoms with van der Waals surface area (Å²) in [5.74, 6) is -2.33. The molecule has 0 N–H and O–H groups in total. The lowest BCUT2D eigenvalue weighted by atomic mass is 9.99. The van der Waals surface area contributed by atoms with Gasteiger partial charge in [-0.05, 0) is 18.2 Å². The minimum Gasteiger partial charge on any atom is -0.274 e. The predicted molar refractivity (Wildman–Crippen MR) is 120 cm³/mol. The monoisotopic (exact) mass is 480 g/mol. The van der Waals surface area contributed by atoms with Gasteiger partial charge in [0.25, 0.3) is 0 Å². The van der Waals surface area contributed by atoms with Crippen molar-refractivity contribution in [3.63, 3.8) is 0 Å². The summed E-state index contributed by atoms with van der Waals surface area (Å²) in [6, 6.07) is 5.68. The highest BCUT2D eigenvalue weighted by molar-refractivity contribution is 7.90. The number of hydrogen-bond donors (Lipinski definition) is 0. The summed E-state index contributed by atoms with van der Waals surface area (Å²) in [6.45, 7) is 0. The third-order valence-electron chi connectivity index (χ3n) is 5.54. The zero-order chi connectivity index (χ0) is 23.9. The van der Waals surface area contributed by atoms with E-state index in [1.165, 1.54) is 29.6 Å². The van der Waals surface area contributed by atoms with E-state index in [-0.39, 0.29) is 22.4 Å². The number of aromatic nitrogens is 5. The van der Waals surface area contributed by atoms with Crippen LogP contribution in [0.3, 0.4) is 0 Å². The van der Waals surface area contributed by atoms with Crippen LogP contribution in [0.5, 0.6) is 0 Å². The molecular formula is C23H18F2N6O2S. The zero-order valence-electron chi connectivity index (χ0n) is 18.0. The second kappa shape index (κ2) is 8.49. The average Bonchev–Trinajstić information content (AvgIpc) is 3.48. The molecule has 0 spiro atoms. The lowest BCUT2D eigenvalue weighted by Gasteiger charge is -2.13. The van der Waals surface area contributed by atoms with E-state index in [1.54, 1.807) is 25.4 Å². The summed E-state index contributed by atoms with van der Waals surface area (Å²) in [5.41, 5.74) is 2.45. The lowest BCUT2D eigenvalue weighted by Crippen LogP contribution is -2.09. The number of aliphatic imine (C=N–C) groups is 1. The highest BCUT2D eigenvalue weighted by Gasteiger charge is 2.24. The predicted octanol–water partition coefficient (Wildman–Crippen LogP) is 3.37. The molecule has 4 aromatic rings. The molecular weight excluding hydrogens is 462 g/mol. The number of fused-ring (bicyclic) bond motifs is 1. The van der Waals surface area contributed by atoms with Crippen LogP contribution in [0.25, 0.3) is 11.3 Å². The van der Waals surface area contributed by atoms with Crippen molar-refractivity contribution in [1.29, 1.82) is 0 Å². The summed E-state index contributed by atoms with van der Waals surface area (Å²) < 4.78 is 56.9. The van der Waals surface area contributed by atoms with Crippen molar-refractivity contribution in [3.8, 4) is 11.3 Å². The van der Waals surface area contributed by atoms with Gasteiger partial charge in [-0.15, -0.1) is 0 Å². The van der Waals surface area contributed by atoms with Crippen LogP contribution in [0, 0.1) is 11.6 Å². The topological polar surface area (TPSA) is 103 Å². The maximum absolute atomic E-state index is 15.4. The number of benzene rings is 1. The van der Waals surface area contributed by atoms with Crippen LogP contribution < -0.4 is 0 Å². The fourth-order valence-electron chi connectivity index (χ4n) is 3.85. The van der Waals surface area contributed by atoms with Crippen molar-refractivity contribution in [2.75, 3.05) is 0 Å². The Bertz CT molecular complexity index is 1550. The SMILES string of the molecule is Cn1cc(S(=O)(=O)Cc2ccc(F)c(Cc3ncccc3-c3ncnc4c3N=CC4)c2F)cn1. The molecule has 0 unspecified atom stereocenters. The van der Waals surface area contributed by atoms with Gasteiger partial charge in [0.05, 0.1) is 23.3 Å². The molecule has 0 atom stereocenters. The third kappa shape index (κ3) is 3.98. The number of sulfone groups is 1. The molecule has 0 amide bonds. The standard InChI is InChI=1S/C23H18F2N6O2S/c1-31-11-15(10-30-31)34(32,33)12-14-4-5-18(24)17(21(14)25)9-20-16(3-2-7-26-20)22-23-19(6-8-27-23)28-13-29-22/h2-5,7-8,10-11,13H,6,9,12H2,1H3. The molecule has 1 aromatic carbocycles. The Morgan fingerprint density at radius 3 is 2.76 bits per heavy atom. The highest BCUT2D eigenvalue weighted by atomic mass is 32.2. The van der Waals surface area contributed by atoms with Crippen LogP contribution in [-0.4, -0.2) is 39.4 Å². The van der Waals surface area contributed by atoms with Crippen LogP contribution >= 0.6 is 0 Å². The Labute approximate surface area is 194 Å². The van der Waals surface area contributed by atoms with Crippen molar-refractivity contribution >= 4 is 21.7 Å². The first-order valence-electron chi connectivity index (χ1n) is 10.3. The summed E-state index contributed by atoms with van der Waals surface area (Å²) in [4.78, 5) is 17.2. The van der Waals surface area contributed by atoms with E-state index in [9.17, 15) is 12.8 Å². The van der Waals surface area contributed by atoms with E-state index >= 15 is 4.39 Å². The van der Waals surface area contributed by atoms with Gasteiger partial charge in [-0.1, -0.05) is 6.07 Å². The molecule has 0 radical (unpaired) electrons. The zero-order valence-corrected chi connectivity index (χ0v) is 18.8. The van der Waals surface area contributed by atoms with Crippen LogP contribution in [0.15, 0.2) is 59.1 Å². The van der Waals surface area contributed by atoms with Gasteiger partial charge in [0.15, 0.2) is 9.84 Å². The fourth-order valence-corrected chi connectivity index (χ4v) is 5.17. The lowest BCUT2D eigenvalue weighted by molar-refractivity contribution is 0.550. The largest absolute Gasteiger partial charge is 0.274 e. The second-order valence-corrected chi connectivity index (χ2v) is 9.81. The molecule has 0 aliphatic carbocycles. The third-order valence-corrected chi connectivity index (χ3v) is 7.16. The molecule has 1 aliphatic heterocycles. The number of aryl methyl sites for hydroxylation is 1. The van der Waals surface area contributed by atoms with Gasteiger partial charge in [0, 0.05) is 55.2 Å². The number of halogens is 2. The molecule has 1 aliphatic rings. The smallest absolute Gasteiger partial charge is 0.185 e. The van der Waals surface area contributed by atoms with Crippen LogP contribution in [-0.2, 0) is 35.5 Å². The van der Waals surface area contributed by atoms with Crippen molar-refractivity contribution in [3.05, 3.63) is 83.3 Å². The summed E-state index contributed by atoms with van der Waals surface area (Å²) in [6.07, 6.45) is 7.58. The molecule has 0 saturated carbocycles.